The van der Waals surface area contributed by atoms with Crippen LogP contribution in [-0.4, -0.2) is 65.3 Å². The molecule has 0 unspecified atom stereocenters. The van der Waals surface area contributed by atoms with Crippen molar-refractivity contribution in [2.24, 2.45) is 56.2 Å². The van der Waals surface area contributed by atoms with Crippen LogP contribution in [0.5, 0.6) is 0 Å². The summed E-state index contributed by atoms with van der Waals surface area (Å²) in [6.07, 6.45) is 8.59. The van der Waals surface area contributed by atoms with Crippen LogP contribution in [0.3, 0.4) is 0 Å². The van der Waals surface area contributed by atoms with Crippen LogP contribution in [0.2, 0.25) is 0 Å². The van der Waals surface area contributed by atoms with Gasteiger partial charge in [-0.05, 0) is 120 Å². The molecule has 0 spiro atoms. The number of rotatable bonds is 2. The topological polar surface area (TPSA) is 88.4 Å². The third-order valence-corrected chi connectivity index (χ3v) is 15.8. The van der Waals surface area contributed by atoms with Gasteiger partial charge in [0.05, 0.1) is 25.4 Å². The normalized spacial score (nSPS) is 59.0. The lowest BCUT2D eigenvalue weighted by Crippen LogP contribution is -2.68. The predicted molar refractivity (Wildman–Crippen MR) is 157 cm³/mol. The summed E-state index contributed by atoms with van der Waals surface area (Å²) in [7, 11) is 0. The highest BCUT2D eigenvalue weighted by molar-refractivity contribution is 5.21. The molecule has 7 rings (SSSR count). The van der Waals surface area contributed by atoms with Gasteiger partial charge in [0, 0.05) is 0 Å². The first-order chi connectivity index (χ1) is 19.1. The first kappa shape index (κ1) is 29.5. The van der Waals surface area contributed by atoms with Crippen molar-refractivity contribution >= 4 is 0 Å². The Bertz CT molecular complexity index is 1040. The molecule has 3 N–H and O–H groups in total. The van der Waals surface area contributed by atoms with E-state index in [0.29, 0.717) is 34.2 Å². The van der Waals surface area contributed by atoms with Gasteiger partial charge in [0.1, 0.15) is 18.3 Å². The van der Waals surface area contributed by atoms with Crippen molar-refractivity contribution in [3.05, 3.63) is 0 Å². The van der Waals surface area contributed by atoms with Gasteiger partial charge in [-0.3, -0.25) is 0 Å². The van der Waals surface area contributed by atoms with Gasteiger partial charge in [-0.2, -0.15) is 0 Å². The lowest BCUT2D eigenvalue weighted by molar-refractivity contribution is -0.312. The Labute approximate surface area is 248 Å². The average molecular weight is 575 g/mol. The number of ether oxygens (including phenoxy) is 3. The fourth-order valence-electron chi connectivity index (χ4n) is 13.2. The minimum Gasteiger partial charge on any atom is -0.388 e. The number of aliphatic hydroxyl groups is 3. The molecule has 2 heterocycles. The van der Waals surface area contributed by atoms with Crippen LogP contribution in [-0.2, 0) is 14.2 Å². The Morgan fingerprint density at radius 2 is 1.41 bits per heavy atom. The highest BCUT2D eigenvalue weighted by Gasteiger charge is 2.73. The molecule has 6 heteroatoms. The van der Waals surface area contributed by atoms with Crippen molar-refractivity contribution in [2.45, 2.75) is 149 Å². The fourth-order valence-corrected chi connectivity index (χ4v) is 13.2. The second kappa shape index (κ2) is 9.16. The highest BCUT2D eigenvalue weighted by atomic mass is 16.7. The molecule has 14 atom stereocenters. The maximum absolute atomic E-state index is 10.6. The van der Waals surface area contributed by atoms with Gasteiger partial charge in [0.15, 0.2) is 6.29 Å². The second-order valence-corrected chi connectivity index (χ2v) is 18.0. The Hall–Kier alpha value is -0.240. The van der Waals surface area contributed by atoms with Crippen LogP contribution < -0.4 is 0 Å². The summed E-state index contributed by atoms with van der Waals surface area (Å²) in [5.41, 5.74) is 1.58. The second-order valence-electron chi connectivity index (χ2n) is 18.0. The van der Waals surface area contributed by atoms with Gasteiger partial charge in [-0.1, -0.05) is 48.5 Å². The summed E-state index contributed by atoms with van der Waals surface area (Å²) in [4.78, 5) is 0. The van der Waals surface area contributed by atoms with E-state index >= 15 is 0 Å². The van der Waals surface area contributed by atoms with E-state index in [1.54, 1.807) is 0 Å². The number of aliphatic hydroxyl groups excluding tert-OH is 3. The van der Waals surface area contributed by atoms with Crippen LogP contribution in [0.1, 0.15) is 113 Å². The summed E-state index contributed by atoms with van der Waals surface area (Å²) in [5, 5.41) is 30.8. The Morgan fingerprint density at radius 3 is 2.17 bits per heavy atom. The largest absolute Gasteiger partial charge is 0.388 e. The zero-order chi connectivity index (χ0) is 29.4. The van der Waals surface area contributed by atoms with Gasteiger partial charge in [-0.15, -0.1) is 0 Å². The van der Waals surface area contributed by atoms with E-state index in [4.69, 9.17) is 14.2 Å². The molecule has 234 valence electrons. The lowest BCUT2D eigenvalue weighted by atomic mass is 9.31. The van der Waals surface area contributed by atoms with Crippen LogP contribution in [0.15, 0.2) is 0 Å². The molecule has 0 amide bonds. The summed E-state index contributed by atoms with van der Waals surface area (Å²) in [5.74, 6) is 2.73. The maximum Gasteiger partial charge on any atom is 0.186 e. The van der Waals surface area contributed by atoms with Crippen LogP contribution >= 0.6 is 0 Å². The minimum atomic E-state index is -1.23. The van der Waals surface area contributed by atoms with Gasteiger partial charge in [0.25, 0.3) is 0 Å². The first-order valence-electron chi connectivity index (χ1n) is 17.0. The third-order valence-electron chi connectivity index (χ3n) is 15.8. The molecule has 41 heavy (non-hydrogen) atoms. The smallest absolute Gasteiger partial charge is 0.186 e. The molecule has 5 saturated carbocycles. The molecular formula is C35H58O6. The molecule has 2 aliphatic heterocycles. The molecule has 0 aromatic heterocycles. The van der Waals surface area contributed by atoms with E-state index in [0.717, 1.165) is 31.3 Å². The van der Waals surface area contributed by atoms with Gasteiger partial charge >= 0.3 is 0 Å². The predicted octanol–water partition coefficient (Wildman–Crippen LogP) is 5.70. The Balaban J connectivity index is 1.15. The standard InChI is InChI=1S/C35H58O6/c1-30(2)14-16-35-17-15-33(6)20(25(35)28(30)40-19-35)8-9-23-32(5)12-11-24(31(3,4)22(32)10-13-34(23,33)7)41-29-27(38)26(37)21(36)18-39-29/h20-29,36-38H,8-19H2,1-7H3/t20-,21-,22+,23-,24+,25+,26+,27-,28+,29+,32+,33-,34-,35-/m1/s1. The summed E-state index contributed by atoms with van der Waals surface area (Å²) >= 11 is 0. The molecule has 5 aliphatic carbocycles. The molecule has 2 saturated heterocycles. The van der Waals surface area contributed by atoms with Crippen molar-refractivity contribution < 1.29 is 29.5 Å². The van der Waals surface area contributed by atoms with Crippen molar-refractivity contribution in [1.29, 1.82) is 0 Å². The number of fused-ring (bicyclic) bond motifs is 5. The lowest BCUT2D eigenvalue weighted by Gasteiger charge is -2.73. The molecule has 6 nitrogen and oxygen atoms in total. The zero-order valence-corrected chi connectivity index (χ0v) is 26.8. The summed E-state index contributed by atoms with van der Waals surface area (Å²) in [6, 6.07) is 0. The van der Waals surface area contributed by atoms with E-state index in [9.17, 15) is 15.3 Å². The molecule has 0 aromatic rings. The quantitative estimate of drug-likeness (QED) is 0.367. The van der Waals surface area contributed by atoms with Crippen molar-refractivity contribution in [3.8, 4) is 0 Å². The first-order valence-corrected chi connectivity index (χ1v) is 17.0. The van der Waals surface area contributed by atoms with E-state index in [-0.39, 0.29) is 29.0 Å². The monoisotopic (exact) mass is 574 g/mol. The number of hydrogen-bond acceptors (Lipinski definition) is 6. The zero-order valence-electron chi connectivity index (χ0n) is 26.8. The van der Waals surface area contributed by atoms with Crippen LogP contribution in [0.25, 0.3) is 0 Å². The van der Waals surface area contributed by atoms with Gasteiger partial charge in [-0.25, -0.2) is 0 Å². The van der Waals surface area contributed by atoms with Crippen molar-refractivity contribution in [2.75, 3.05) is 13.2 Å². The molecule has 2 bridgehead atoms. The van der Waals surface area contributed by atoms with E-state index < -0.39 is 24.6 Å². The fraction of sp³-hybridized carbons (Fsp3) is 1.00. The summed E-state index contributed by atoms with van der Waals surface area (Å²) in [6.45, 7) is 18.7. The molecule has 0 aromatic carbocycles. The average Bonchev–Trinajstić information content (AvgIpc) is 3.24. The molecule has 7 aliphatic rings. The van der Waals surface area contributed by atoms with Crippen LogP contribution in [0, 0.1) is 56.2 Å². The molecule has 0 radical (unpaired) electrons. The SMILES string of the molecule is CC1(C)CC[C@]23CC[C@]4(C)[C@H](CC[C@@H]5[C@@]6(C)CC[C@H](O[C@@H]7OC[C@@H](O)[C@H](O)[C@H]7O)C(C)(C)[C@@H]6CC[C@]54C)[C@H]2[C@@H]1OC3. The third kappa shape index (κ3) is 3.76. The Kier molecular flexibility index (Phi) is 6.58. The van der Waals surface area contributed by atoms with Gasteiger partial charge in [0.2, 0.25) is 0 Å². The van der Waals surface area contributed by atoms with E-state index in [1.807, 2.05) is 0 Å². The van der Waals surface area contributed by atoms with Gasteiger partial charge < -0.3 is 29.5 Å². The maximum atomic E-state index is 10.6. The van der Waals surface area contributed by atoms with Crippen molar-refractivity contribution in [1.82, 2.24) is 0 Å². The number of hydrogen-bond donors (Lipinski definition) is 3. The molecular weight excluding hydrogens is 516 g/mol. The highest BCUT2D eigenvalue weighted by Crippen LogP contribution is 2.78. The van der Waals surface area contributed by atoms with Crippen LogP contribution in [0.4, 0.5) is 0 Å². The van der Waals surface area contributed by atoms with E-state index in [1.165, 1.54) is 51.4 Å². The Morgan fingerprint density at radius 1 is 0.683 bits per heavy atom. The van der Waals surface area contributed by atoms with E-state index in [2.05, 4.69) is 48.5 Å². The summed E-state index contributed by atoms with van der Waals surface area (Å²) < 4.78 is 18.9. The van der Waals surface area contributed by atoms with Crippen molar-refractivity contribution in [3.63, 3.8) is 0 Å². The minimum absolute atomic E-state index is 0.0112. The molecule has 7 fully saturated rings.